The lowest BCUT2D eigenvalue weighted by atomic mass is 10.0. The molecule has 10 heteroatoms. The summed E-state index contributed by atoms with van der Waals surface area (Å²) < 4.78 is 10.6. The highest BCUT2D eigenvalue weighted by atomic mass is 33.1. The SMILES string of the molecule is O=C1C=COC=C2C[C@@]34SS[C@]5(CC6=COC=CC(O)C6N5C3=O)C(=O)N4C12. The first-order chi connectivity index (χ1) is 13.5. The van der Waals surface area contributed by atoms with E-state index in [0.29, 0.717) is 11.1 Å². The van der Waals surface area contributed by atoms with Crippen LogP contribution in [0, 0.1) is 0 Å². The maximum atomic E-state index is 13.8. The molecule has 0 aliphatic carbocycles. The van der Waals surface area contributed by atoms with Gasteiger partial charge in [-0.25, -0.2) is 0 Å². The summed E-state index contributed by atoms with van der Waals surface area (Å²) in [4.78, 5) is 40.8. The Bertz CT molecular complexity index is 973. The number of carbonyl (C=O) groups excluding carboxylic acids is 3. The van der Waals surface area contributed by atoms with Crippen molar-refractivity contribution in [1.29, 1.82) is 0 Å². The fourth-order valence-electron chi connectivity index (χ4n) is 4.93. The Hall–Kier alpha value is -2.17. The van der Waals surface area contributed by atoms with Crippen LogP contribution in [0.2, 0.25) is 0 Å². The lowest BCUT2D eigenvalue weighted by Gasteiger charge is -2.58. The van der Waals surface area contributed by atoms with Gasteiger partial charge in [-0.3, -0.25) is 14.4 Å². The first-order valence-electron chi connectivity index (χ1n) is 8.78. The molecule has 5 saturated heterocycles. The third-order valence-corrected chi connectivity index (χ3v) is 9.62. The molecule has 7 heterocycles. The van der Waals surface area contributed by atoms with Gasteiger partial charge in [-0.2, -0.15) is 0 Å². The summed E-state index contributed by atoms with van der Waals surface area (Å²) in [6.07, 6.45) is 7.90. The molecule has 1 N–H and O–H groups in total. The monoisotopic (exact) mass is 418 g/mol. The van der Waals surface area contributed by atoms with Gasteiger partial charge in [0.2, 0.25) is 0 Å². The molecule has 7 aliphatic heterocycles. The third-order valence-electron chi connectivity index (χ3n) is 6.05. The number of piperazine rings is 1. The van der Waals surface area contributed by atoms with Crippen LogP contribution in [0.25, 0.3) is 0 Å². The molecular weight excluding hydrogens is 404 g/mol. The van der Waals surface area contributed by atoms with Gasteiger partial charge in [-0.1, -0.05) is 21.6 Å². The van der Waals surface area contributed by atoms with Crippen molar-refractivity contribution in [3.8, 4) is 0 Å². The van der Waals surface area contributed by atoms with E-state index in [4.69, 9.17) is 9.47 Å². The molecule has 2 amide bonds. The van der Waals surface area contributed by atoms with E-state index in [2.05, 4.69) is 0 Å². The Morgan fingerprint density at radius 1 is 0.964 bits per heavy atom. The van der Waals surface area contributed by atoms with Crippen LogP contribution >= 0.6 is 21.6 Å². The van der Waals surface area contributed by atoms with Gasteiger partial charge in [0.1, 0.15) is 6.04 Å². The predicted octanol–water partition coefficient (Wildman–Crippen LogP) is 0.775. The second kappa shape index (κ2) is 5.25. The molecule has 2 bridgehead atoms. The molecule has 5 fully saturated rings. The average molecular weight is 418 g/mol. The molecule has 0 aromatic carbocycles. The minimum absolute atomic E-state index is 0.216. The number of carbonyl (C=O) groups is 3. The number of hydrogen-bond donors (Lipinski definition) is 1. The number of hydrogen-bond acceptors (Lipinski definition) is 8. The van der Waals surface area contributed by atoms with Crippen LogP contribution < -0.4 is 0 Å². The lowest BCUT2D eigenvalue weighted by molar-refractivity contribution is -0.167. The predicted molar refractivity (Wildman–Crippen MR) is 98.8 cm³/mol. The zero-order chi connectivity index (χ0) is 19.3. The van der Waals surface area contributed by atoms with Gasteiger partial charge in [0.05, 0.1) is 37.2 Å². The van der Waals surface area contributed by atoms with Crippen molar-refractivity contribution < 1.29 is 29.0 Å². The number of amides is 2. The van der Waals surface area contributed by atoms with Crippen LogP contribution in [-0.4, -0.2) is 60.4 Å². The van der Waals surface area contributed by atoms with Crippen molar-refractivity contribution in [1.82, 2.24) is 9.80 Å². The highest BCUT2D eigenvalue weighted by Gasteiger charge is 2.77. The fraction of sp³-hybridized carbons (Fsp3) is 0.389. The lowest BCUT2D eigenvalue weighted by Crippen LogP contribution is -2.76. The number of fused-ring (bicyclic) bond motifs is 3. The standard InChI is InChI=1S/C18H14N2O6S2/c21-11-1-3-25-7-9-5-17-16(24)20-14-10(8-26-4-2-12(14)22)6-18(20,28-27-17)15(23)19(17)13(9)11/h1-4,7-8,11,13-14,21H,5-6H2/t11?,13?,14?,17-,18-/m1/s1. The summed E-state index contributed by atoms with van der Waals surface area (Å²) >= 11 is 0. The Labute approximate surface area is 167 Å². The quantitative estimate of drug-likeness (QED) is 0.577. The number of ketones is 1. The van der Waals surface area contributed by atoms with Gasteiger partial charge in [0.25, 0.3) is 11.8 Å². The maximum Gasteiger partial charge on any atom is 0.262 e. The Morgan fingerprint density at radius 3 is 2.43 bits per heavy atom. The molecule has 7 aliphatic rings. The molecule has 2 spiro atoms. The number of aliphatic hydroxyl groups excluding tert-OH is 1. The van der Waals surface area contributed by atoms with Crippen LogP contribution in [0.4, 0.5) is 0 Å². The topological polar surface area (TPSA) is 96.4 Å². The summed E-state index contributed by atoms with van der Waals surface area (Å²) in [6, 6.07) is -1.49. The number of aliphatic hydroxyl groups is 1. The van der Waals surface area contributed by atoms with E-state index in [0.717, 1.165) is 0 Å². The van der Waals surface area contributed by atoms with Gasteiger partial charge >= 0.3 is 0 Å². The van der Waals surface area contributed by atoms with Crippen molar-refractivity contribution in [2.24, 2.45) is 0 Å². The van der Waals surface area contributed by atoms with Crippen LogP contribution in [0.3, 0.4) is 0 Å². The summed E-state index contributed by atoms with van der Waals surface area (Å²) in [5.41, 5.74) is 1.31. The van der Waals surface area contributed by atoms with Crippen molar-refractivity contribution in [2.45, 2.75) is 40.8 Å². The molecule has 0 saturated carbocycles. The molecule has 5 atom stereocenters. The van der Waals surface area contributed by atoms with Crippen LogP contribution in [0.5, 0.6) is 0 Å². The van der Waals surface area contributed by atoms with Crippen molar-refractivity contribution >= 4 is 39.2 Å². The van der Waals surface area contributed by atoms with Crippen molar-refractivity contribution in [2.75, 3.05) is 0 Å². The number of rotatable bonds is 0. The van der Waals surface area contributed by atoms with E-state index < -0.39 is 27.9 Å². The molecule has 0 aromatic heterocycles. The number of nitrogens with zero attached hydrogens (tertiary/aromatic N) is 2. The second-order valence-electron chi connectivity index (χ2n) is 7.47. The molecule has 3 unspecified atom stereocenters. The van der Waals surface area contributed by atoms with E-state index in [-0.39, 0.29) is 30.4 Å². The van der Waals surface area contributed by atoms with Gasteiger partial charge in [0.15, 0.2) is 15.5 Å². The molecule has 7 rings (SSSR count). The molecule has 28 heavy (non-hydrogen) atoms. The van der Waals surface area contributed by atoms with Gasteiger partial charge in [-0.05, 0) is 17.2 Å². The zero-order valence-electron chi connectivity index (χ0n) is 14.3. The van der Waals surface area contributed by atoms with E-state index >= 15 is 0 Å². The van der Waals surface area contributed by atoms with Crippen LogP contribution in [0.1, 0.15) is 12.8 Å². The molecule has 144 valence electrons. The third kappa shape index (κ3) is 1.73. The minimum atomic E-state index is -1.21. The Kier molecular flexibility index (Phi) is 3.14. The normalized spacial score (nSPS) is 42.6. The fourth-order valence-corrected chi connectivity index (χ4v) is 8.63. The summed E-state index contributed by atoms with van der Waals surface area (Å²) in [5.74, 6) is -0.817. The van der Waals surface area contributed by atoms with Gasteiger partial charge in [-0.15, -0.1) is 0 Å². The van der Waals surface area contributed by atoms with E-state index in [1.54, 1.807) is 0 Å². The summed E-state index contributed by atoms with van der Waals surface area (Å²) in [5, 5.41) is 10.6. The Balaban J connectivity index is 1.53. The minimum Gasteiger partial charge on any atom is -0.473 e. The highest BCUT2D eigenvalue weighted by molar-refractivity contribution is 8.78. The molecule has 0 aromatic rings. The van der Waals surface area contributed by atoms with Crippen molar-refractivity contribution in [3.63, 3.8) is 0 Å². The Morgan fingerprint density at radius 2 is 1.61 bits per heavy atom. The molecular formula is C18H14N2O6S2. The van der Waals surface area contributed by atoms with Gasteiger partial charge in [0, 0.05) is 18.9 Å². The van der Waals surface area contributed by atoms with E-state index in [1.165, 1.54) is 68.6 Å². The average Bonchev–Trinajstić information content (AvgIpc) is 3.07. The molecule has 0 radical (unpaired) electrons. The summed E-state index contributed by atoms with van der Waals surface area (Å²) in [7, 11) is 2.67. The maximum absolute atomic E-state index is 13.8. The first-order valence-corrected chi connectivity index (χ1v) is 10.9. The molecule has 8 nitrogen and oxygen atoms in total. The van der Waals surface area contributed by atoms with E-state index in [9.17, 15) is 19.5 Å². The highest BCUT2D eigenvalue weighted by Crippen LogP contribution is 2.68. The largest absolute Gasteiger partial charge is 0.473 e. The van der Waals surface area contributed by atoms with Crippen molar-refractivity contribution in [3.05, 3.63) is 48.3 Å². The van der Waals surface area contributed by atoms with E-state index in [1.807, 2.05) is 0 Å². The van der Waals surface area contributed by atoms with Crippen LogP contribution in [-0.2, 0) is 23.9 Å². The number of ether oxygens (including phenoxy) is 2. The first kappa shape index (κ1) is 16.8. The van der Waals surface area contributed by atoms with Crippen LogP contribution in [0.15, 0.2) is 48.3 Å². The second-order valence-corrected chi connectivity index (χ2v) is 10.2. The zero-order valence-corrected chi connectivity index (χ0v) is 15.9. The van der Waals surface area contributed by atoms with Gasteiger partial charge < -0.3 is 24.4 Å². The smallest absolute Gasteiger partial charge is 0.262 e. The summed E-state index contributed by atoms with van der Waals surface area (Å²) in [6.45, 7) is 0.